The summed E-state index contributed by atoms with van der Waals surface area (Å²) in [6.45, 7) is 4.70. The van der Waals surface area contributed by atoms with Crippen LogP contribution in [0.1, 0.15) is 38.3 Å². The molecule has 1 amide bonds. The summed E-state index contributed by atoms with van der Waals surface area (Å²) in [4.78, 5) is 33.1. The number of carboxylic acids is 1. The molecule has 0 radical (unpaired) electrons. The van der Waals surface area contributed by atoms with Gasteiger partial charge in [-0.25, -0.2) is 4.79 Å². The zero-order valence-corrected chi connectivity index (χ0v) is 14.8. The van der Waals surface area contributed by atoms with Crippen LogP contribution in [0.5, 0.6) is 0 Å². The van der Waals surface area contributed by atoms with Crippen molar-refractivity contribution < 1.29 is 37.5 Å². The molecule has 8 nitrogen and oxygen atoms in total. The van der Waals surface area contributed by atoms with Crippen LogP contribution >= 0.6 is 0 Å². The topological polar surface area (TPSA) is 119 Å². The van der Waals surface area contributed by atoms with E-state index in [0.29, 0.717) is 18.2 Å². The highest BCUT2D eigenvalue weighted by Gasteiger charge is 2.33. The van der Waals surface area contributed by atoms with Crippen LogP contribution in [0, 0.1) is 10.1 Å². The molecule has 1 rings (SSSR count). The minimum absolute atomic E-state index is 0.350. The maximum absolute atomic E-state index is 12.9. The van der Waals surface area contributed by atoms with Crippen molar-refractivity contribution in [2.24, 2.45) is 0 Å². The number of aliphatic carboxylic acids is 1. The molecule has 1 aromatic carbocycles. The molecule has 0 saturated carbocycles. The largest absolute Gasteiger partial charge is 0.481 e. The zero-order valence-electron chi connectivity index (χ0n) is 14.8. The molecule has 1 unspecified atom stereocenters. The first kappa shape index (κ1) is 22.2. The number of carboxylic acid groups (broad SMARTS) is 1. The predicted molar refractivity (Wildman–Crippen MR) is 87.2 cm³/mol. The van der Waals surface area contributed by atoms with Crippen LogP contribution in [0.2, 0.25) is 0 Å². The van der Waals surface area contributed by atoms with Crippen LogP contribution in [-0.2, 0) is 22.1 Å². The van der Waals surface area contributed by atoms with Crippen molar-refractivity contribution in [3.63, 3.8) is 0 Å². The number of alkyl carbamates (subject to hydrolysis) is 1. The van der Waals surface area contributed by atoms with Gasteiger partial charge in [0.2, 0.25) is 0 Å². The van der Waals surface area contributed by atoms with Crippen LogP contribution in [0.25, 0.3) is 0 Å². The van der Waals surface area contributed by atoms with E-state index >= 15 is 0 Å². The Morgan fingerprint density at radius 2 is 1.89 bits per heavy atom. The van der Waals surface area contributed by atoms with E-state index < -0.39 is 58.9 Å². The van der Waals surface area contributed by atoms with Crippen molar-refractivity contribution >= 4 is 17.7 Å². The number of rotatable bonds is 6. The molecule has 0 heterocycles. The second kappa shape index (κ2) is 8.23. The average Bonchev–Trinajstić information content (AvgIpc) is 2.42. The van der Waals surface area contributed by atoms with Gasteiger partial charge in [0, 0.05) is 24.1 Å². The van der Waals surface area contributed by atoms with Gasteiger partial charge in [0.15, 0.2) is 0 Å². The quantitative estimate of drug-likeness (QED) is 0.565. The number of alkyl halides is 3. The Kier molecular flexibility index (Phi) is 6.76. The Labute approximate surface area is 152 Å². The molecule has 1 aromatic rings. The summed E-state index contributed by atoms with van der Waals surface area (Å²) in [5.41, 5.74) is -2.96. The van der Waals surface area contributed by atoms with Gasteiger partial charge >= 0.3 is 18.2 Å². The van der Waals surface area contributed by atoms with E-state index in [0.717, 1.165) is 0 Å². The van der Waals surface area contributed by atoms with E-state index in [4.69, 9.17) is 9.84 Å². The van der Waals surface area contributed by atoms with Gasteiger partial charge in [-0.3, -0.25) is 14.9 Å². The SMILES string of the molecule is CC(C)(C)OC(=O)NC(CC(=O)O)Cc1cc(C(F)(F)F)ccc1[N+](=O)[O-]. The number of benzene rings is 1. The first-order valence-corrected chi connectivity index (χ1v) is 7.75. The molecule has 0 saturated heterocycles. The Morgan fingerprint density at radius 3 is 2.33 bits per heavy atom. The van der Waals surface area contributed by atoms with Gasteiger partial charge in [0.05, 0.1) is 16.9 Å². The number of nitro benzene ring substituents is 1. The molecule has 0 aliphatic carbocycles. The molecule has 0 aliphatic heterocycles. The van der Waals surface area contributed by atoms with E-state index in [9.17, 15) is 32.9 Å². The summed E-state index contributed by atoms with van der Waals surface area (Å²) in [6.07, 6.45) is -6.87. The number of hydrogen-bond acceptors (Lipinski definition) is 5. The number of nitro groups is 1. The molecule has 0 fully saturated rings. The zero-order chi connectivity index (χ0) is 21.0. The Balaban J connectivity index is 3.17. The van der Waals surface area contributed by atoms with Crippen molar-refractivity contribution in [1.29, 1.82) is 0 Å². The van der Waals surface area contributed by atoms with E-state index in [1.807, 2.05) is 0 Å². The summed E-state index contributed by atoms with van der Waals surface area (Å²) in [6, 6.07) is 0.627. The molecule has 0 spiro atoms. The van der Waals surface area contributed by atoms with Crippen molar-refractivity contribution in [3.05, 3.63) is 39.4 Å². The molecule has 150 valence electrons. The maximum Gasteiger partial charge on any atom is 0.416 e. The standard InChI is InChI=1S/C16H19F3N2O6/c1-15(2,3)27-14(24)20-11(8-13(22)23)7-9-6-10(16(17,18)19)4-5-12(9)21(25)26/h4-6,11H,7-8H2,1-3H3,(H,20,24)(H,22,23). The van der Waals surface area contributed by atoms with E-state index in [1.165, 1.54) is 0 Å². The molecule has 0 bridgehead atoms. The van der Waals surface area contributed by atoms with Gasteiger partial charge in [-0.15, -0.1) is 0 Å². The normalized spacial score (nSPS) is 13.0. The van der Waals surface area contributed by atoms with Gasteiger partial charge in [-0.2, -0.15) is 13.2 Å². The summed E-state index contributed by atoms with van der Waals surface area (Å²) in [7, 11) is 0. The number of carbonyl (C=O) groups is 2. The van der Waals surface area contributed by atoms with Crippen LogP contribution < -0.4 is 5.32 Å². The number of hydrogen-bond donors (Lipinski definition) is 2. The second-order valence-electron chi connectivity index (χ2n) is 6.74. The fourth-order valence-electron chi connectivity index (χ4n) is 2.23. The lowest BCUT2D eigenvalue weighted by molar-refractivity contribution is -0.385. The van der Waals surface area contributed by atoms with Crippen molar-refractivity contribution in [3.8, 4) is 0 Å². The lowest BCUT2D eigenvalue weighted by atomic mass is 9.99. The molecule has 0 aromatic heterocycles. The van der Waals surface area contributed by atoms with Gasteiger partial charge in [-0.05, 0) is 32.9 Å². The van der Waals surface area contributed by atoms with Gasteiger partial charge in [-0.1, -0.05) is 0 Å². The summed E-state index contributed by atoms with van der Waals surface area (Å²) < 4.78 is 43.7. The molecule has 27 heavy (non-hydrogen) atoms. The third kappa shape index (κ3) is 7.50. The number of nitrogens with one attached hydrogen (secondary N) is 1. The predicted octanol–water partition coefficient (Wildman–Crippen LogP) is 3.52. The molecule has 2 N–H and O–H groups in total. The first-order chi connectivity index (χ1) is 12.2. The number of halogens is 3. The number of carbonyl (C=O) groups excluding carboxylic acids is 1. The van der Waals surface area contributed by atoms with Gasteiger partial charge < -0.3 is 15.2 Å². The second-order valence-corrected chi connectivity index (χ2v) is 6.74. The number of ether oxygens (including phenoxy) is 1. The highest BCUT2D eigenvalue weighted by molar-refractivity contribution is 5.71. The smallest absolute Gasteiger partial charge is 0.416 e. The van der Waals surface area contributed by atoms with Crippen LogP contribution in [0.15, 0.2) is 18.2 Å². The lowest BCUT2D eigenvalue weighted by Crippen LogP contribution is -2.41. The monoisotopic (exact) mass is 392 g/mol. The Bertz CT molecular complexity index is 728. The number of nitrogens with zero attached hydrogens (tertiary/aromatic N) is 1. The molecular formula is C16H19F3N2O6. The fraction of sp³-hybridized carbons (Fsp3) is 0.500. The van der Waals surface area contributed by atoms with E-state index in [2.05, 4.69) is 5.32 Å². The van der Waals surface area contributed by atoms with Gasteiger partial charge in [0.1, 0.15) is 5.60 Å². The third-order valence-corrected chi connectivity index (χ3v) is 3.21. The first-order valence-electron chi connectivity index (χ1n) is 7.75. The number of amides is 1. The minimum Gasteiger partial charge on any atom is -0.481 e. The fourth-order valence-corrected chi connectivity index (χ4v) is 2.23. The lowest BCUT2D eigenvalue weighted by Gasteiger charge is -2.23. The Hall–Kier alpha value is -2.85. The van der Waals surface area contributed by atoms with Crippen molar-refractivity contribution in [1.82, 2.24) is 5.32 Å². The Morgan fingerprint density at radius 1 is 1.30 bits per heavy atom. The molecule has 0 aliphatic rings. The molecule has 11 heteroatoms. The highest BCUT2D eigenvalue weighted by Crippen LogP contribution is 2.33. The van der Waals surface area contributed by atoms with Gasteiger partial charge in [0.25, 0.3) is 5.69 Å². The van der Waals surface area contributed by atoms with Crippen molar-refractivity contribution in [2.45, 2.75) is 51.4 Å². The van der Waals surface area contributed by atoms with Crippen molar-refractivity contribution in [2.75, 3.05) is 0 Å². The molecular weight excluding hydrogens is 373 g/mol. The van der Waals surface area contributed by atoms with Crippen LogP contribution in [-0.4, -0.2) is 33.7 Å². The summed E-state index contributed by atoms with van der Waals surface area (Å²) in [5, 5.41) is 22.3. The summed E-state index contributed by atoms with van der Waals surface area (Å²) in [5.74, 6) is -1.34. The van der Waals surface area contributed by atoms with Crippen LogP contribution in [0.3, 0.4) is 0 Å². The summed E-state index contributed by atoms with van der Waals surface area (Å²) >= 11 is 0. The van der Waals surface area contributed by atoms with E-state index in [-0.39, 0.29) is 5.56 Å². The maximum atomic E-state index is 12.9. The third-order valence-electron chi connectivity index (χ3n) is 3.21. The van der Waals surface area contributed by atoms with Crippen LogP contribution in [0.4, 0.5) is 23.7 Å². The van der Waals surface area contributed by atoms with E-state index in [1.54, 1.807) is 20.8 Å². The highest BCUT2D eigenvalue weighted by atomic mass is 19.4. The average molecular weight is 392 g/mol. The molecule has 1 atom stereocenters. The minimum atomic E-state index is -4.73.